The maximum absolute atomic E-state index is 11.8. The van der Waals surface area contributed by atoms with E-state index in [4.69, 9.17) is 9.47 Å². The standard InChI is InChI=1S/C16H18BrNO3S/c1-5-20-16(19)15-11(4)18-13(22-15)8-21-14-9(2)6-12(17)7-10(14)3/h6-7H,5,8H2,1-4H3. The van der Waals surface area contributed by atoms with Crippen LogP contribution in [0.15, 0.2) is 16.6 Å². The van der Waals surface area contributed by atoms with E-state index in [1.54, 1.807) is 6.92 Å². The lowest BCUT2D eigenvalue weighted by atomic mass is 10.1. The Morgan fingerprint density at radius 2 is 1.91 bits per heavy atom. The number of aromatic nitrogens is 1. The van der Waals surface area contributed by atoms with E-state index in [2.05, 4.69) is 20.9 Å². The minimum Gasteiger partial charge on any atom is -0.486 e. The molecule has 0 bridgehead atoms. The molecule has 0 spiro atoms. The highest BCUT2D eigenvalue weighted by Gasteiger charge is 2.17. The van der Waals surface area contributed by atoms with Gasteiger partial charge in [0.05, 0.1) is 12.3 Å². The van der Waals surface area contributed by atoms with E-state index in [-0.39, 0.29) is 5.97 Å². The number of carbonyl (C=O) groups excluding carboxylic acids is 1. The Morgan fingerprint density at radius 3 is 2.50 bits per heavy atom. The van der Waals surface area contributed by atoms with Crippen LogP contribution in [0.2, 0.25) is 0 Å². The molecule has 0 saturated carbocycles. The molecule has 0 amide bonds. The third kappa shape index (κ3) is 3.87. The molecule has 1 heterocycles. The summed E-state index contributed by atoms with van der Waals surface area (Å²) in [5, 5.41) is 0.766. The van der Waals surface area contributed by atoms with Crippen LogP contribution >= 0.6 is 27.3 Å². The Hall–Kier alpha value is -1.40. The molecule has 1 aromatic heterocycles. The quantitative estimate of drug-likeness (QED) is 0.708. The maximum atomic E-state index is 11.8. The number of hydrogen-bond donors (Lipinski definition) is 0. The molecule has 0 unspecified atom stereocenters. The molecule has 0 aliphatic carbocycles. The first-order chi connectivity index (χ1) is 10.4. The molecule has 2 rings (SSSR count). The number of rotatable bonds is 5. The summed E-state index contributed by atoms with van der Waals surface area (Å²) in [6.45, 7) is 8.31. The number of nitrogens with zero attached hydrogens (tertiary/aromatic N) is 1. The fourth-order valence-corrected chi connectivity index (χ4v) is 3.72. The zero-order chi connectivity index (χ0) is 16.3. The van der Waals surface area contributed by atoms with E-state index in [9.17, 15) is 4.79 Å². The first kappa shape index (κ1) is 17.0. The smallest absolute Gasteiger partial charge is 0.350 e. The zero-order valence-electron chi connectivity index (χ0n) is 13.0. The van der Waals surface area contributed by atoms with Gasteiger partial charge in [-0.1, -0.05) is 15.9 Å². The molecule has 4 nitrogen and oxygen atoms in total. The van der Waals surface area contributed by atoms with Gasteiger partial charge in [-0.25, -0.2) is 9.78 Å². The van der Waals surface area contributed by atoms with Crippen LogP contribution in [0.4, 0.5) is 0 Å². The first-order valence-electron chi connectivity index (χ1n) is 6.95. The third-order valence-electron chi connectivity index (χ3n) is 3.07. The SMILES string of the molecule is CCOC(=O)c1sc(COc2c(C)cc(Br)cc2C)nc1C. The summed E-state index contributed by atoms with van der Waals surface area (Å²) in [7, 11) is 0. The Bertz CT molecular complexity index is 674. The van der Waals surface area contributed by atoms with Gasteiger partial charge in [-0.3, -0.25) is 0 Å². The largest absolute Gasteiger partial charge is 0.486 e. The van der Waals surface area contributed by atoms with Crippen LogP contribution in [0, 0.1) is 20.8 Å². The van der Waals surface area contributed by atoms with Crippen molar-refractivity contribution in [3.05, 3.63) is 43.3 Å². The van der Waals surface area contributed by atoms with Gasteiger partial charge in [-0.15, -0.1) is 11.3 Å². The highest BCUT2D eigenvalue weighted by molar-refractivity contribution is 9.10. The van der Waals surface area contributed by atoms with E-state index < -0.39 is 0 Å². The molecule has 22 heavy (non-hydrogen) atoms. The second-order valence-electron chi connectivity index (χ2n) is 4.90. The van der Waals surface area contributed by atoms with Crippen LogP contribution < -0.4 is 4.74 Å². The molecular weight excluding hydrogens is 366 g/mol. The fraction of sp³-hybridized carbons (Fsp3) is 0.375. The average molecular weight is 384 g/mol. The number of benzene rings is 1. The molecular formula is C16H18BrNO3S. The molecule has 0 atom stereocenters. The van der Waals surface area contributed by atoms with Gasteiger partial charge in [0, 0.05) is 4.47 Å². The van der Waals surface area contributed by atoms with E-state index in [1.807, 2.05) is 32.9 Å². The Labute approximate surface area is 142 Å². The molecule has 0 radical (unpaired) electrons. The minimum absolute atomic E-state index is 0.320. The summed E-state index contributed by atoms with van der Waals surface area (Å²) < 4.78 is 11.9. The van der Waals surface area contributed by atoms with Crippen molar-refractivity contribution in [2.45, 2.75) is 34.3 Å². The van der Waals surface area contributed by atoms with Crippen molar-refractivity contribution in [1.29, 1.82) is 0 Å². The Morgan fingerprint density at radius 1 is 1.27 bits per heavy atom. The van der Waals surface area contributed by atoms with Crippen LogP contribution in [-0.4, -0.2) is 17.6 Å². The van der Waals surface area contributed by atoms with E-state index in [1.165, 1.54) is 11.3 Å². The summed E-state index contributed by atoms with van der Waals surface area (Å²) in [5.74, 6) is 0.536. The van der Waals surface area contributed by atoms with Crippen LogP contribution in [0.25, 0.3) is 0 Å². The van der Waals surface area contributed by atoms with Crippen molar-refractivity contribution in [3.8, 4) is 5.75 Å². The van der Waals surface area contributed by atoms with E-state index >= 15 is 0 Å². The van der Waals surface area contributed by atoms with Crippen LogP contribution in [0.1, 0.15) is 38.4 Å². The normalized spacial score (nSPS) is 10.6. The van der Waals surface area contributed by atoms with E-state index in [0.29, 0.717) is 23.8 Å². The number of ether oxygens (including phenoxy) is 2. The Balaban J connectivity index is 2.13. The topological polar surface area (TPSA) is 48.4 Å². The summed E-state index contributed by atoms with van der Waals surface area (Å²) in [4.78, 5) is 16.7. The monoisotopic (exact) mass is 383 g/mol. The third-order valence-corrected chi connectivity index (χ3v) is 4.64. The van der Waals surface area contributed by atoms with Gasteiger partial charge >= 0.3 is 5.97 Å². The lowest BCUT2D eigenvalue weighted by molar-refractivity contribution is 0.0531. The second-order valence-corrected chi connectivity index (χ2v) is 6.90. The van der Waals surface area contributed by atoms with Crippen LogP contribution in [-0.2, 0) is 11.3 Å². The summed E-state index contributed by atoms with van der Waals surface area (Å²) in [6.07, 6.45) is 0. The predicted molar refractivity (Wildman–Crippen MR) is 90.8 cm³/mol. The van der Waals surface area contributed by atoms with Crippen molar-refractivity contribution < 1.29 is 14.3 Å². The number of halogens is 1. The van der Waals surface area contributed by atoms with Crippen molar-refractivity contribution in [1.82, 2.24) is 4.98 Å². The fourth-order valence-electron chi connectivity index (χ4n) is 2.16. The van der Waals surface area contributed by atoms with Gasteiger partial charge in [0.2, 0.25) is 0 Å². The summed E-state index contributed by atoms with van der Waals surface area (Å²) in [5.41, 5.74) is 2.81. The van der Waals surface area contributed by atoms with Crippen molar-refractivity contribution >= 4 is 33.2 Å². The zero-order valence-corrected chi connectivity index (χ0v) is 15.4. The second kappa shape index (κ2) is 7.24. The number of thiazole rings is 1. The number of carbonyl (C=O) groups is 1. The molecule has 0 aliphatic heterocycles. The van der Waals surface area contributed by atoms with E-state index in [0.717, 1.165) is 26.4 Å². The maximum Gasteiger partial charge on any atom is 0.350 e. The van der Waals surface area contributed by atoms with Crippen LogP contribution in [0.5, 0.6) is 5.75 Å². The van der Waals surface area contributed by atoms with Crippen molar-refractivity contribution in [2.75, 3.05) is 6.61 Å². The first-order valence-corrected chi connectivity index (χ1v) is 8.56. The molecule has 118 valence electrons. The number of esters is 1. The molecule has 1 aromatic carbocycles. The van der Waals surface area contributed by atoms with Crippen molar-refractivity contribution in [3.63, 3.8) is 0 Å². The predicted octanol–water partition coefficient (Wildman–Crippen LogP) is 4.59. The molecule has 0 aliphatic rings. The van der Waals surface area contributed by atoms with Gasteiger partial charge in [0.15, 0.2) is 0 Å². The lowest BCUT2D eigenvalue weighted by Gasteiger charge is -2.11. The molecule has 0 saturated heterocycles. The lowest BCUT2D eigenvalue weighted by Crippen LogP contribution is -2.03. The van der Waals surface area contributed by atoms with Crippen LogP contribution in [0.3, 0.4) is 0 Å². The molecule has 0 fully saturated rings. The summed E-state index contributed by atoms with van der Waals surface area (Å²) >= 11 is 4.79. The van der Waals surface area contributed by atoms with Gasteiger partial charge in [0.25, 0.3) is 0 Å². The molecule has 0 N–H and O–H groups in total. The van der Waals surface area contributed by atoms with Gasteiger partial charge in [-0.2, -0.15) is 0 Å². The molecule has 6 heteroatoms. The Kier molecular flexibility index (Phi) is 5.58. The molecule has 2 aromatic rings. The number of aryl methyl sites for hydroxylation is 3. The number of hydrogen-bond acceptors (Lipinski definition) is 5. The highest BCUT2D eigenvalue weighted by Crippen LogP contribution is 2.29. The summed E-state index contributed by atoms with van der Waals surface area (Å²) in [6, 6.07) is 4.03. The van der Waals surface area contributed by atoms with Gasteiger partial charge < -0.3 is 9.47 Å². The average Bonchev–Trinajstić information content (AvgIpc) is 2.79. The van der Waals surface area contributed by atoms with Gasteiger partial charge in [-0.05, 0) is 51.0 Å². The van der Waals surface area contributed by atoms with Gasteiger partial charge in [0.1, 0.15) is 22.2 Å². The highest BCUT2D eigenvalue weighted by atomic mass is 79.9. The van der Waals surface area contributed by atoms with Crippen molar-refractivity contribution in [2.24, 2.45) is 0 Å². The minimum atomic E-state index is -0.320.